The molecule has 1 atom stereocenters. The molecule has 1 unspecified atom stereocenters. The molecule has 1 aliphatic rings. The van der Waals surface area contributed by atoms with Gasteiger partial charge in [0.05, 0.1) is 5.69 Å². The highest BCUT2D eigenvalue weighted by Gasteiger charge is 2.38. The number of hydrogen-bond donors (Lipinski definition) is 0. The maximum absolute atomic E-state index is 12.5. The van der Waals surface area contributed by atoms with E-state index in [1.165, 1.54) is 0 Å². The molecule has 1 aromatic rings. The van der Waals surface area contributed by atoms with Crippen LogP contribution in [0.4, 0.5) is 13.2 Å². The summed E-state index contributed by atoms with van der Waals surface area (Å²) in [5, 5.41) is 0. The summed E-state index contributed by atoms with van der Waals surface area (Å²) in [6, 6.07) is 0. The monoisotopic (exact) mass is 310 g/mol. The summed E-state index contributed by atoms with van der Waals surface area (Å²) in [6.45, 7) is 1.69. The van der Waals surface area contributed by atoms with Crippen LogP contribution in [0.3, 0.4) is 0 Å². The van der Waals surface area contributed by atoms with Crippen molar-refractivity contribution in [3.63, 3.8) is 0 Å². The van der Waals surface area contributed by atoms with Crippen LogP contribution in [0.15, 0.2) is 0 Å². The molecule has 0 bridgehead atoms. The normalized spacial score (nSPS) is 17.9. The minimum Gasteiger partial charge on any atom is -0.331 e. The van der Waals surface area contributed by atoms with Crippen molar-refractivity contribution in [1.82, 2.24) is 9.55 Å². The Morgan fingerprint density at radius 3 is 2.65 bits per heavy atom. The summed E-state index contributed by atoms with van der Waals surface area (Å²) in [7, 11) is 0. The Morgan fingerprint density at radius 2 is 2.00 bits per heavy atom. The molecule has 0 amide bonds. The highest BCUT2D eigenvalue weighted by Crippen LogP contribution is 2.30. The van der Waals surface area contributed by atoms with E-state index < -0.39 is 11.0 Å². The number of hydrogen-bond acceptors (Lipinski definition) is 1. The number of aromatic nitrogens is 2. The Balaban J connectivity index is 2.24. The van der Waals surface area contributed by atoms with Crippen LogP contribution in [-0.4, -0.2) is 20.6 Å². The largest absolute Gasteiger partial charge is 0.402 e. The van der Waals surface area contributed by atoms with E-state index in [-0.39, 0.29) is 6.54 Å². The van der Waals surface area contributed by atoms with Gasteiger partial charge in [-0.25, -0.2) is 4.98 Å². The summed E-state index contributed by atoms with van der Waals surface area (Å²) >= 11 is 2.71. The minimum absolute atomic E-state index is 0.0856. The molecule has 1 heterocycles. The van der Waals surface area contributed by atoms with Crippen LogP contribution in [0.5, 0.6) is 0 Å². The van der Waals surface area contributed by atoms with Crippen LogP contribution in [0.25, 0.3) is 0 Å². The van der Waals surface area contributed by atoms with Crippen molar-refractivity contribution < 1.29 is 13.2 Å². The van der Waals surface area contributed by atoms with E-state index in [4.69, 9.17) is 0 Å². The van der Waals surface area contributed by atoms with Crippen LogP contribution < -0.4 is 0 Å². The summed E-state index contributed by atoms with van der Waals surface area (Å²) in [5.74, 6) is 0.686. The van der Waals surface area contributed by atoms with Gasteiger partial charge in [-0.15, -0.1) is 0 Å². The summed E-state index contributed by atoms with van der Waals surface area (Å²) in [6.07, 6.45) is -0.355. The van der Waals surface area contributed by atoms with Gasteiger partial charge in [-0.05, 0) is 32.6 Å². The lowest BCUT2D eigenvalue weighted by atomic mass is 10.0. The van der Waals surface area contributed by atoms with Gasteiger partial charge in [-0.1, -0.05) is 15.9 Å². The number of alkyl halides is 4. The van der Waals surface area contributed by atoms with Crippen molar-refractivity contribution in [2.75, 3.05) is 0 Å². The predicted octanol–water partition coefficient (Wildman–Crippen LogP) is 3.40. The number of imidazole rings is 1. The van der Waals surface area contributed by atoms with Gasteiger partial charge < -0.3 is 4.57 Å². The molecular formula is C11H14BrF3N2. The zero-order chi connectivity index (χ0) is 12.6. The summed E-state index contributed by atoms with van der Waals surface area (Å²) in [5.41, 5.74) is 1.97. The van der Waals surface area contributed by atoms with Crippen LogP contribution in [0, 0.1) is 6.92 Å². The molecule has 0 N–H and O–H groups in total. The van der Waals surface area contributed by atoms with Crippen LogP contribution >= 0.6 is 15.9 Å². The third kappa shape index (κ3) is 2.67. The fourth-order valence-electron chi connectivity index (χ4n) is 2.24. The molecule has 17 heavy (non-hydrogen) atoms. The zero-order valence-corrected chi connectivity index (χ0v) is 11.1. The molecule has 2 rings (SSSR count). The van der Waals surface area contributed by atoms with Gasteiger partial charge in [0.25, 0.3) is 0 Å². The van der Waals surface area contributed by atoms with Gasteiger partial charge in [-0.2, -0.15) is 13.2 Å². The smallest absolute Gasteiger partial charge is 0.331 e. The quantitative estimate of drug-likeness (QED) is 0.766. The lowest BCUT2D eigenvalue weighted by Crippen LogP contribution is -2.28. The number of rotatable bonds is 2. The molecule has 1 aromatic heterocycles. The Labute approximate surface area is 106 Å². The highest BCUT2D eigenvalue weighted by molar-refractivity contribution is 9.09. The molecule has 0 aromatic carbocycles. The summed E-state index contributed by atoms with van der Waals surface area (Å²) < 4.78 is 39.3. The van der Waals surface area contributed by atoms with E-state index in [1.54, 1.807) is 11.5 Å². The topological polar surface area (TPSA) is 17.8 Å². The van der Waals surface area contributed by atoms with E-state index in [0.29, 0.717) is 5.82 Å². The van der Waals surface area contributed by atoms with E-state index in [2.05, 4.69) is 20.9 Å². The van der Waals surface area contributed by atoms with Gasteiger partial charge in [0.2, 0.25) is 0 Å². The fraction of sp³-hybridized carbons (Fsp3) is 0.727. The second kappa shape index (κ2) is 4.63. The maximum atomic E-state index is 12.5. The standard InChI is InChI=1S/C11H14BrF3N2/c1-7-16-8-4-2-3-5-9(8)17(7)6-10(12)11(13,14)15/h10H,2-6H2,1H3. The molecule has 96 valence electrons. The molecule has 0 fully saturated rings. The molecule has 0 spiro atoms. The molecular weight excluding hydrogens is 297 g/mol. The van der Waals surface area contributed by atoms with Crippen molar-refractivity contribution in [1.29, 1.82) is 0 Å². The van der Waals surface area contributed by atoms with Crippen LogP contribution in [0.1, 0.15) is 30.1 Å². The van der Waals surface area contributed by atoms with E-state index >= 15 is 0 Å². The number of fused-ring (bicyclic) bond motifs is 1. The SMILES string of the molecule is Cc1nc2c(n1CC(Br)C(F)(F)F)CCCC2. The van der Waals surface area contributed by atoms with Crippen molar-refractivity contribution in [3.05, 3.63) is 17.2 Å². The first-order chi connectivity index (χ1) is 7.89. The maximum Gasteiger partial charge on any atom is 0.402 e. The van der Waals surface area contributed by atoms with E-state index in [0.717, 1.165) is 37.1 Å². The fourth-order valence-corrected chi connectivity index (χ4v) is 2.53. The molecule has 0 saturated heterocycles. The Bertz CT molecular complexity index is 412. The van der Waals surface area contributed by atoms with Crippen molar-refractivity contribution in [2.45, 2.75) is 50.2 Å². The lowest BCUT2D eigenvalue weighted by Gasteiger charge is -2.19. The Kier molecular flexibility index (Phi) is 3.52. The molecule has 6 heteroatoms. The minimum atomic E-state index is -4.21. The first kappa shape index (κ1) is 12.9. The van der Waals surface area contributed by atoms with Gasteiger partial charge in [0.1, 0.15) is 10.7 Å². The third-order valence-corrected chi connectivity index (χ3v) is 3.93. The zero-order valence-electron chi connectivity index (χ0n) is 9.52. The molecule has 0 aliphatic heterocycles. The van der Waals surface area contributed by atoms with Gasteiger partial charge in [0.15, 0.2) is 0 Å². The van der Waals surface area contributed by atoms with Gasteiger partial charge in [0, 0.05) is 12.2 Å². The molecule has 1 aliphatic carbocycles. The average molecular weight is 311 g/mol. The molecule has 2 nitrogen and oxygen atoms in total. The van der Waals surface area contributed by atoms with Crippen molar-refractivity contribution in [3.8, 4) is 0 Å². The van der Waals surface area contributed by atoms with E-state index in [9.17, 15) is 13.2 Å². The van der Waals surface area contributed by atoms with E-state index in [1.807, 2.05) is 0 Å². The number of aryl methyl sites for hydroxylation is 2. The highest BCUT2D eigenvalue weighted by atomic mass is 79.9. The Hall–Kier alpha value is -0.520. The van der Waals surface area contributed by atoms with Gasteiger partial charge in [-0.3, -0.25) is 0 Å². The van der Waals surface area contributed by atoms with Crippen LogP contribution in [0.2, 0.25) is 0 Å². The first-order valence-electron chi connectivity index (χ1n) is 5.65. The lowest BCUT2D eigenvalue weighted by molar-refractivity contribution is -0.129. The molecule has 0 saturated carbocycles. The van der Waals surface area contributed by atoms with Crippen molar-refractivity contribution >= 4 is 15.9 Å². The second-order valence-corrected chi connectivity index (χ2v) is 5.48. The summed E-state index contributed by atoms with van der Waals surface area (Å²) in [4.78, 5) is 2.86. The molecule has 0 radical (unpaired) electrons. The van der Waals surface area contributed by atoms with Crippen LogP contribution in [-0.2, 0) is 19.4 Å². The third-order valence-electron chi connectivity index (χ3n) is 3.12. The number of nitrogens with zero attached hydrogens (tertiary/aromatic N) is 2. The average Bonchev–Trinajstić information content (AvgIpc) is 2.54. The Morgan fingerprint density at radius 1 is 1.35 bits per heavy atom. The van der Waals surface area contributed by atoms with Crippen molar-refractivity contribution in [2.24, 2.45) is 0 Å². The number of halogens is 4. The predicted molar refractivity (Wildman–Crippen MR) is 62.4 cm³/mol. The first-order valence-corrected chi connectivity index (χ1v) is 6.57. The van der Waals surface area contributed by atoms with Gasteiger partial charge >= 0.3 is 6.18 Å². The second-order valence-electron chi connectivity index (χ2n) is 4.38.